The lowest BCUT2D eigenvalue weighted by molar-refractivity contribution is -0.646. The maximum atomic E-state index is 10.8. The van der Waals surface area contributed by atoms with E-state index in [0.717, 1.165) is 11.3 Å². The molecule has 21 heavy (non-hydrogen) atoms. The molecule has 0 saturated heterocycles. The number of aromatic nitrogens is 2. The van der Waals surface area contributed by atoms with E-state index >= 15 is 0 Å². The van der Waals surface area contributed by atoms with E-state index in [4.69, 9.17) is 5.84 Å². The van der Waals surface area contributed by atoms with Gasteiger partial charge < -0.3 is 4.55 Å². The topological polar surface area (TPSA) is 100.0 Å². The number of aryl methyl sites for hydroxylation is 4. The highest BCUT2D eigenvalue weighted by Gasteiger charge is 2.09. The Labute approximate surface area is 125 Å². The molecule has 0 aliphatic carbocycles. The first-order valence-electron chi connectivity index (χ1n) is 6.24. The van der Waals surface area contributed by atoms with Gasteiger partial charge in [0.15, 0.2) is 0 Å². The van der Waals surface area contributed by atoms with E-state index in [2.05, 4.69) is 4.98 Å². The highest BCUT2D eigenvalue weighted by Crippen LogP contribution is 2.20. The minimum atomic E-state index is -4.33. The van der Waals surface area contributed by atoms with Crippen molar-refractivity contribution in [1.29, 1.82) is 0 Å². The summed E-state index contributed by atoms with van der Waals surface area (Å²) in [4.78, 5) is 3.76. The molecule has 0 aliphatic rings. The maximum absolute atomic E-state index is 10.8. The quantitative estimate of drug-likeness (QED) is 0.479. The Morgan fingerprint density at radius 1 is 1.14 bits per heavy atom. The lowest BCUT2D eigenvalue weighted by Gasteiger charge is -2.14. The SMILES string of the molecule is Cc1cc(C)c(S(=O)(=O)[O-])c(C)c1.Cc1cncc[n+]1N. The van der Waals surface area contributed by atoms with Crippen LogP contribution >= 0.6 is 0 Å². The monoisotopic (exact) mass is 309 g/mol. The van der Waals surface area contributed by atoms with Gasteiger partial charge >= 0.3 is 0 Å². The van der Waals surface area contributed by atoms with Crippen LogP contribution in [0.3, 0.4) is 0 Å². The fourth-order valence-corrected chi connectivity index (χ4v) is 2.91. The van der Waals surface area contributed by atoms with Gasteiger partial charge in [0.25, 0.3) is 0 Å². The zero-order valence-corrected chi connectivity index (χ0v) is 13.3. The second kappa shape index (κ2) is 6.64. The van der Waals surface area contributed by atoms with Crippen LogP contribution in [0, 0.1) is 27.7 Å². The number of rotatable bonds is 1. The molecule has 6 nitrogen and oxygen atoms in total. The normalized spacial score (nSPS) is 10.7. The van der Waals surface area contributed by atoms with Crippen LogP contribution in [0.1, 0.15) is 22.4 Å². The Bertz CT molecular complexity index is 699. The van der Waals surface area contributed by atoms with Crippen LogP contribution < -0.4 is 10.5 Å². The molecule has 114 valence electrons. The molecule has 7 heteroatoms. The molecule has 0 bridgehead atoms. The summed E-state index contributed by atoms with van der Waals surface area (Å²) in [5, 5.41) is 0. The van der Waals surface area contributed by atoms with Gasteiger partial charge in [-0.3, -0.25) is 4.98 Å². The average molecular weight is 309 g/mol. The Hall–Kier alpha value is -1.99. The Balaban J connectivity index is 0.000000235. The van der Waals surface area contributed by atoms with E-state index in [1.165, 1.54) is 4.68 Å². The van der Waals surface area contributed by atoms with Crippen LogP contribution in [0.5, 0.6) is 0 Å². The maximum Gasteiger partial charge on any atom is 0.226 e. The molecular formula is C14H19N3O3S. The Kier molecular flexibility index (Phi) is 5.40. The second-order valence-electron chi connectivity index (χ2n) is 4.81. The molecule has 0 amide bonds. The predicted octanol–water partition coefficient (Wildman–Crippen LogP) is 0.907. The number of nitrogens with zero attached hydrogens (tertiary/aromatic N) is 2. The summed E-state index contributed by atoms with van der Waals surface area (Å²) >= 11 is 0. The molecule has 0 saturated carbocycles. The molecule has 0 radical (unpaired) electrons. The van der Waals surface area contributed by atoms with Gasteiger partial charge in [-0.05, 0) is 31.9 Å². The van der Waals surface area contributed by atoms with Crippen LogP contribution in [0.25, 0.3) is 0 Å². The third-order valence-corrected chi connectivity index (χ3v) is 3.98. The molecule has 0 aliphatic heterocycles. The molecule has 2 N–H and O–H groups in total. The standard InChI is InChI=1S/C9H12O3S.C5H8N3/c1-6-4-7(2)9(8(3)5-6)13(10,11)12;1-5-4-7-2-3-8(5)6/h4-5H,1-3H3,(H,10,11,12);2-4H,1H3,(H2,6,7)/q;+1/p-1. The first-order valence-corrected chi connectivity index (χ1v) is 7.65. The summed E-state index contributed by atoms with van der Waals surface area (Å²) in [6.45, 7) is 7.02. The van der Waals surface area contributed by atoms with Gasteiger partial charge in [-0.25, -0.2) is 14.3 Å². The van der Waals surface area contributed by atoms with Crippen LogP contribution in [-0.4, -0.2) is 18.0 Å². The third-order valence-electron chi connectivity index (χ3n) is 2.84. The van der Waals surface area contributed by atoms with E-state index < -0.39 is 10.1 Å². The first kappa shape index (κ1) is 17.1. The van der Waals surface area contributed by atoms with Crippen molar-refractivity contribution in [1.82, 2.24) is 4.98 Å². The van der Waals surface area contributed by atoms with E-state index in [9.17, 15) is 13.0 Å². The van der Waals surface area contributed by atoms with Gasteiger partial charge in [0.2, 0.25) is 11.9 Å². The van der Waals surface area contributed by atoms with E-state index in [1.807, 2.05) is 13.8 Å². The number of hydrogen-bond donors (Lipinski definition) is 1. The number of hydrogen-bond acceptors (Lipinski definition) is 5. The van der Waals surface area contributed by atoms with Crippen molar-refractivity contribution >= 4 is 10.1 Å². The minimum absolute atomic E-state index is 0.0851. The first-order chi connectivity index (χ1) is 9.62. The zero-order valence-electron chi connectivity index (χ0n) is 12.5. The highest BCUT2D eigenvalue weighted by molar-refractivity contribution is 7.85. The number of nitrogens with two attached hydrogens (primary N) is 1. The van der Waals surface area contributed by atoms with Crippen molar-refractivity contribution in [2.24, 2.45) is 0 Å². The molecule has 2 rings (SSSR count). The van der Waals surface area contributed by atoms with Gasteiger partial charge in [0.05, 0.1) is 17.3 Å². The summed E-state index contributed by atoms with van der Waals surface area (Å²) in [6.07, 6.45) is 5.06. The summed E-state index contributed by atoms with van der Waals surface area (Å²) in [5.41, 5.74) is 2.95. The largest absolute Gasteiger partial charge is 0.744 e. The summed E-state index contributed by atoms with van der Waals surface area (Å²) < 4.78 is 34.0. The molecule has 0 atom stereocenters. The van der Waals surface area contributed by atoms with Gasteiger partial charge in [-0.1, -0.05) is 22.4 Å². The van der Waals surface area contributed by atoms with E-state index in [0.29, 0.717) is 11.1 Å². The molecule has 2 aromatic rings. The number of benzene rings is 1. The van der Waals surface area contributed by atoms with Crippen molar-refractivity contribution in [3.05, 3.63) is 53.1 Å². The van der Waals surface area contributed by atoms with Gasteiger partial charge in [0.1, 0.15) is 10.1 Å². The fraction of sp³-hybridized carbons (Fsp3) is 0.286. The van der Waals surface area contributed by atoms with Gasteiger partial charge in [-0.15, -0.1) is 0 Å². The molecule has 1 aromatic carbocycles. The van der Waals surface area contributed by atoms with Crippen LogP contribution in [0.4, 0.5) is 0 Å². The fourth-order valence-electron chi connectivity index (χ4n) is 2.01. The summed E-state index contributed by atoms with van der Waals surface area (Å²) in [7, 11) is -4.33. The lowest BCUT2D eigenvalue weighted by atomic mass is 10.1. The zero-order chi connectivity index (χ0) is 16.2. The Morgan fingerprint density at radius 2 is 1.67 bits per heavy atom. The summed E-state index contributed by atoms with van der Waals surface area (Å²) in [5.74, 6) is 5.40. The van der Waals surface area contributed by atoms with Crippen LogP contribution in [0.15, 0.2) is 35.6 Å². The Morgan fingerprint density at radius 3 is 2.00 bits per heavy atom. The highest BCUT2D eigenvalue weighted by atomic mass is 32.2. The predicted molar refractivity (Wildman–Crippen MR) is 77.9 cm³/mol. The van der Waals surface area contributed by atoms with E-state index in [1.54, 1.807) is 44.6 Å². The number of nitrogen functional groups attached to an aromatic ring is 1. The van der Waals surface area contributed by atoms with Crippen molar-refractivity contribution in [2.75, 3.05) is 5.84 Å². The molecule has 1 aromatic heterocycles. The van der Waals surface area contributed by atoms with Gasteiger partial charge in [-0.2, -0.15) is 0 Å². The van der Waals surface area contributed by atoms with Crippen molar-refractivity contribution in [3.8, 4) is 0 Å². The molecule has 1 heterocycles. The molecule has 0 fully saturated rings. The minimum Gasteiger partial charge on any atom is -0.744 e. The average Bonchev–Trinajstić information content (AvgIpc) is 2.30. The van der Waals surface area contributed by atoms with Crippen molar-refractivity contribution in [2.45, 2.75) is 32.6 Å². The van der Waals surface area contributed by atoms with Gasteiger partial charge in [0, 0.05) is 6.92 Å². The second-order valence-corrected chi connectivity index (χ2v) is 6.12. The molecule has 0 unspecified atom stereocenters. The molecular weight excluding hydrogens is 290 g/mol. The lowest BCUT2D eigenvalue weighted by Crippen LogP contribution is -2.46. The smallest absolute Gasteiger partial charge is 0.226 e. The van der Waals surface area contributed by atoms with Crippen molar-refractivity contribution < 1.29 is 17.6 Å². The van der Waals surface area contributed by atoms with Crippen LogP contribution in [0.2, 0.25) is 0 Å². The third kappa shape index (κ3) is 4.80. The summed E-state index contributed by atoms with van der Waals surface area (Å²) in [6, 6.07) is 3.38. The molecule has 0 spiro atoms. The van der Waals surface area contributed by atoms with E-state index in [-0.39, 0.29) is 4.90 Å². The van der Waals surface area contributed by atoms with Crippen molar-refractivity contribution in [3.63, 3.8) is 0 Å². The van der Waals surface area contributed by atoms with Crippen LogP contribution in [-0.2, 0) is 10.1 Å².